The fourth-order valence-electron chi connectivity index (χ4n) is 4.17. The van der Waals surface area contributed by atoms with Crippen molar-refractivity contribution in [1.82, 2.24) is 4.98 Å². The van der Waals surface area contributed by atoms with Gasteiger partial charge in [0.2, 0.25) is 0 Å². The number of para-hydroxylation sites is 1. The molecule has 1 aliphatic rings. The second-order valence-corrected chi connectivity index (χ2v) is 8.21. The highest BCUT2D eigenvalue weighted by molar-refractivity contribution is 5.87. The van der Waals surface area contributed by atoms with E-state index in [0.717, 1.165) is 22.2 Å². The molecule has 0 radical (unpaired) electrons. The first-order valence-electron chi connectivity index (χ1n) is 10.8. The zero-order chi connectivity index (χ0) is 22.8. The lowest BCUT2D eigenvalue weighted by Crippen LogP contribution is -2.27. The molecule has 0 spiro atoms. The molecule has 0 saturated carbocycles. The summed E-state index contributed by atoms with van der Waals surface area (Å²) >= 11 is 0. The van der Waals surface area contributed by atoms with E-state index in [1.807, 2.05) is 54.6 Å². The van der Waals surface area contributed by atoms with Crippen molar-refractivity contribution in [2.24, 2.45) is 5.92 Å². The Morgan fingerprint density at radius 2 is 1.91 bits per heavy atom. The minimum absolute atomic E-state index is 0.195. The Labute approximate surface area is 191 Å². The van der Waals surface area contributed by atoms with Gasteiger partial charge in [-0.2, -0.15) is 0 Å². The third-order valence-corrected chi connectivity index (χ3v) is 5.91. The Hall–Kier alpha value is -3.90. The first-order valence-corrected chi connectivity index (χ1v) is 10.8. The number of benzene rings is 3. The molecule has 0 amide bonds. The van der Waals surface area contributed by atoms with Crippen molar-refractivity contribution < 1.29 is 24.5 Å². The summed E-state index contributed by atoms with van der Waals surface area (Å²) in [5.74, 6) is 0.0957. The van der Waals surface area contributed by atoms with Crippen molar-refractivity contribution in [3.8, 4) is 11.5 Å². The van der Waals surface area contributed by atoms with Crippen LogP contribution in [0.15, 0.2) is 78.9 Å². The number of rotatable bonds is 6. The summed E-state index contributed by atoms with van der Waals surface area (Å²) in [7, 11) is 0. The third kappa shape index (κ3) is 4.52. The molecule has 2 N–H and O–H groups in total. The van der Waals surface area contributed by atoms with E-state index in [1.165, 1.54) is 0 Å². The van der Waals surface area contributed by atoms with Gasteiger partial charge in [-0.1, -0.05) is 36.4 Å². The molecule has 5 rings (SSSR count). The third-order valence-electron chi connectivity index (χ3n) is 5.91. The van der Waals surface area contributed by atoms with Crippen LogP contribution in [0.5, 0.6) is 11.5 Å². The van der Waals surface area contributed by atoms with Gasteiger partial charge in [-0.15, -0.1) is 0 Å². The van der Waals surface area contributed by atoms with Crippen molar-refractivity contribution in [2.45, 2.75) is 19.1 Å². The number of ether oxygens (including phenoxy) is 2. The maximum absolute atomic E-state index is 11.2. The molecule has 0 fully saturated rings. The molecule has 1 aliphatic heterocycles. The van der Waals surface area contributed by atoms with Crippen molar-refractivity contribution in [3.05, 3.63) is 101 Å². The van der Waals surface area contributed by atoms with Gasteiger partial charge in [-0.05, 0) is 54.4 Å². The summed E-state index contributed by atoms with van der Waals surface area (Å²) in [5, 5.41) is 21.3. The van der Waals surface area contributed by atoms with Crippen LogP contribution in [-0.4, -0.2) is 27.8 Å². The van der Waals surface area contributed by atoms with E-state index in [-0.39, 0.29) is 11.5 Å². The minimum atomic E-state index is -0.967. The number of hydrogen-bond acceptors (Lipinski definition) is 5. The predicted octanol–water partition coefficient (Wildman–Crippen LogP) is 4.80. The van der Waals surface area contributed by atoms with Crippen LogP contribution >= 0.6 is 0 Å². The number of carboxylic acids is 1. The Morgan fingerprint density at radius 3 is 2.79 bits per heavy atom. The van der Waals surface area contributed by atoms with Crippen LogP contribution in [0, 0.1) is 5.92 Å². The van der Waals surface area contributed by atoms with Gasteiger partial charge in [-0.3, -0.25) is 0 Å². The largest absolute Gasteiger partial charge is 0.493 e. The Kier molecular flexibility index (Phi) is 5.67. The summed E-state index contributed by atoms with van der Waals surface area (Å²) in [4.78, 5) is 15.9. The van der Waals surface area contributed by atoms with Gasteiger partial charge in [0.05, 0.1) is 29.5 Å². The number of aliphatic hydroxyl groups excluding tert-OH is 1. The zero-order valence-electron chi connectivity index (χ0n) is 17.8. The number of aromatic carboxylic acids is 1. The Bertz CT molecular complexity index is 1320. The van der Waals surface area contributed by atoms with Gasteiger partial charge in [0, 0.05) is 16.9 Å². The second kappa shape index (κ2) is 8.92. The number of pyridine rings is 1. The highest BCUT2D eigenvalue weighted by Crippen LogP contribution is 2.39. The molecule has 0 bridgehead atoms. The quantitative estimate of drug-likeness (QED) is 0.447. The molecular weight excluding hydrogens is 418 g/mol. The van der Waals surface area contributed by atoms with Crippen molar-refractivity contribution >= 4 is 16.9 Å². The van der Waals surface area contributed by atoms with Gasteiger partial charge in [0.15, 0.2) is 0 Å². The molecule has 33 heavy (non-hydrogen) atoms. The number of carboxylic acid groups (broad SMARTS) is 1. The fourth-order valence-corrected chi connectivity index (χ4v) is 4.17. The Morgan fingerprint density at radius 1 is 1.03 bits per heavy atom. The van der Waals surface area contributed by atoms with Gasteiger partial charge >= 0.3 is 5.97 Å². The summed E-state index contributed by atoms with van der Waals surface area (Å²) < 4.78 is 11.8. The predicted molar refractivity (Wildman–Crippen MR) is 124 cm³/mol. The number of fused-ring (bicyclic) bond motifs is 2. The van der Waals surface area contributed by atoms with E-state index in [1.54, 1.807) is 24.3 Å². The molecular formula is C27H23NO5. The summed E-state index contributed by atoms with van der Waals surface area (Å²) in [6.45, 7) is 0.665. The first-order chi connectivity index (χ1) is 16.1. The summed E-state index contributed by atoms with van der Waals surface area (Å²) in [6, 6.07) is 24.1. The lowest BCUT2D eigenvalue weighted by molar-refractivity contribution is 0.0504. The number of carbonyl (C=O) groups is 1. The van der Waals surface area contributed by atoms with E-state index < -0.39 is 12.1 Å². The maximum Gasteiger partial charge on any atom is 0.335 e. The topological polar surface area (TPSA) is 88.9 Å². The zero-order valence-corrected chi connectivity index (χ0v) is 17.8. The van der Waals surface area contributed by atoms with Crippen molar-refractivity contribution in [3.63, 3.8) is 0 Å². The smallest absolute Gasteiger partial charge is 0.335 e. The molecule has 2 atom stereocenters. The molecule has 6 heteroatoms. The highest BCUT2D eigenvalue weighted by atomic mass is 16.5. The van der Waals surface area contributed by atoms with E-state index in [0.29, 0.717) is 36.7 Å². The van der Waals surface area contributed by atoms with E-state index in [2.05, 4.69) is 4.98 Å². The number of aliphatic hydroxyl groups is 1. The maximum atomic E-state index is 11.2. The van der Waals surface area contributed by atoms with Crippen LogP contribution in [0.3, 0.4) is 0 Å². The van der Waals surface area contributed by atoms with Gasteiger partial charge in [0.25, 0.3) is 0 Å². The first kappa shape index (κ1) is 21.0. The van der Waals surface area contributed by atoms with Crippen molar-refractivity contribution in [1.29, 1.82) is 0 Å². The molecule has 0 aliphatic carbocycles. The average Bonchev–Trinajstić information content (AvgIpc) is 2.84. The van der Waals surface area contributed by atoms with E-state index in [4.69, 9.17) is 9.47 Å². The van der Waals surface area contributed by atoms with E-state index >= 15 is 0 Å². The normalized spacial score (nSPS) is 17.2. The lowest BCUT2D eigenvalue weighted by Gasteiger charge is -2.30. The monoisotopic (exact) mass is 441 g/mol. The molecule has 166 valence electrons. The molecule has 0 unspecified atom stereocenters. The Balaban J connectivity index is 1.30. The molecule has 0 saturated heterocycles. The molecule has 1 aromatic heterocycles. The second-order valence-electron chi connectivity index (χ2n) is 8.21. The van der Waals surface area contributed by atoms with Crippen LogP contribution in [0.25, 0.3) is 10.9 Å². The van der Waals surface area contributed by atoms with Crippen LogP contribution in [-0.2, 0) is 13.0 Å². The lowest BCUT2D eigenvalue weighted by atomic mass is 9.88. The summed E-state index contributed by atoms with van der Waals surface area (Å²) in [5.41, 5.74) is 3.49. The average molecular weight is 441 g/mol. The molecule has 3 aromatic carbocycles. The minimum Gasteiger partial charge on any atom is -0.493 e. The number of nitrogens with zero attached hydrogens (tertiary/aromatic N) is 1. The van der Waals surface area contributed by atoms with Crippen LogP contribution in [0.2, 0.25) is 0 Å². The molecule has 4 aromatic rings. The van der Waals surface area contributed by atoms with Gasteiger partial charge in [-0.25, -0.2) is 9.78 Å². The fraction of sp³-hybridized carbons (Fsp3) is 0.185. The number of hydrogen-bond donors (Lipinski definition) is 2. The van der Waals surface area contributed by atoms with Gasteiger partial charge in [0.1, 0.15) is 18.1 Å². The molecule has 6 nitrogen and oxygen atoms in total. The number of aromatic nitrogens is 1. The highest BCUT2D eigenvalue weighted by Gasteiger charge is 2.30. The molecule has 2 heterocycles. The van der Waals surface area contributed by atoms with E-state index in [9.17, 15) is 15.0 Å². The van der Waals surface area contributed by atoms with Crippen LogP contribution < -0.4 is 9.47 Å². The SMILES string of the molecule is O=C(O)c1cccc(C[C@@H]2COc3ccc(OCc4ccc5ccccc5n4)cc3[C@H]2O)c1. The van der Waals surface area contributed by atoms with Gasteiger partial charge < -0.3 is 19.7 Å². The standard InChI is InChI=1S/C27H23NO5/c29-26-20(13-17-4-3-6-19(12-17)27(30)31)15-33-25-11-10-22(14-23(25)26)32-16-21-9-8-18-5-1-2-7-24(18)28-21/h1-12,14,20,26,29H,13,15-16H2,(H,30,31)/t20-,26+/m1/s1. The van der Waals surface area contributed by atoms with Crippen LogP contribution in [0.1, 0.15) is 33.3 Å². The van der Waals surface area contributed by atoms with Crippen molar-refractivity contribution in [2.75, 3.05) is 6.61 Å². The van der Waals surface area contributed by atoms with Crippen LogP contribution in [0.4, 0.5) is 0 Å². The summed E-state index contributed by atoms with van der Waals surface area (Å²) in [6.07, 6.45) is -0.238.